The standard InChI is InChI=1S/C22H21ClN2O4S/c1-25(30(27,28)21-13-9-18(23)10-14-21)19-11-7-17(8-12-19)22(26)24-15-16-29-20-5-3-2-4-6-20/h2-14H,15-16H2,1H3,(H,24,26). The molecule has 0 fully saturated rings. The maximum absolute atomic E-state index is 12.7. The van der Waals surface area contributed by atoms with Gasteiger partial charge in [-0.2, -0.15) is 0 Å². The van der Waals surface area contributed by atoms with Crippen molar-refractivity contribution >= 4 is 33.2 Å². The first-order valence-electron chi connectivity index (χ1n) is 9.18. The number of nitrogens with zero attached hydrogens (tertiary/aromatic N) is 1. The van der Waals surface area contributed by atoms with E-state index in [-0.39, 0.29) is 10.8 Å². The van der Waals surface area contributed by atoms with Crippen molar-refractivity contribution in [1.82, 2.24) is 5.32 Å². The zero-order chi connectivity index (χ0) is 21.6. The van der Waals surface area contributed by atoms with Crippen LogP contribution in [0.1, 0.15) is 10.4 Å². The third-order valence-electron chi connectivity index (χ3n) is 4.36. The summed E-state index contributed by atoms with van der Waals surface area (Å²) in [5, 5.41) is 3.23. The number of para-hydroxylation sites is 1. The van der Waals surface area contributed by atoms with Gasteiger partial charge in [0, 0.05) is 17.6 Å². The zero-order valence-corrected chi connectivity index (χ0v) is 17.9. The number of amides is 1. The van der Waals surface area contributed by atoms with Gasteiger partial charge in [-0.15, -0.1) is 0 Å². The van der Waals surface area contributed by atoms with Crippen molar-refractivity contribution in [2.45, 2.75) is 4.90 Å². The first-order chi connectivity index (χ1) is 14.4. The summed E-state index contributed by atoms with van der Waals surface area (Å²) < 4.78 is 32.2. The molecule has 0 heterocycles. The molecule has 0 saturated carbocycles. The van der Waals surface area contributed by atoms with Crippen molar-refractivity contribution in [3.8, 4) is 5.75 Å². The van der Waals surface area contributed by atoms with E-state index in [9.17, 15) is 13.2 Å². The van der Waals surface area contributed by atoms with Crippen molar-refractivity contribution < 1.29 is 17.9 Å². The van der Waals surface area contributed by atoms with Crippen LogP contribution in [0.2, 0.25) is 5.02 Å². The third-order valence-corrected chi connectivity index (χ3v) is 6.42. The predicted octanol–water partition coefficient (Wildman–Crippen LogP) is 3.97. The summed E-state index contributed by atoms with van der Waals surface area (Å²) >= 11 is 5.83. The first-order valence-corrected chi connectivity index (χ1v) is 11.0. The molecule has 3 aromatic rings. The summed E-state index contributed by atoms with van der Waals surface area (Å²) in [6.07, 6.45) is 0. The van der Waals surface area contributed by atoms with E-state index in [1.54, 1.807) is 24.3 Å². The van der Waals surface area contributed by atoms with Crippen LogP contribution in [0.5, 0.6) is 5.75 Å². The molecule has 0 aliphatic carbocycles. The zero-order valence-electron chi connectivity index (χ0n) is 16.3. The summed E-state index contributed by atoms with van der Waals surface area (Å²) in [5.41, 5.74) is 0.865. The van der Waals surface area contributed by atoms with Gasteiger partial charge in [0.2, 0.25) is 0 Å². The second-order valence-corrected chi connectivity index (χ2v) is 8.80. The van der Waals surface area contributed by atoms with Crippen molar-refractivity contribution in [2.24, 2.45) is 0 Å². The lowest BCUT2D eigenvalue weighted by atomic mass is 10.2. The van der Waals surface area contributed by atoms with E-state index in [4.69, 9.17) is 16.3 Å². The van der Waals surface area contributed by atoms with Crippen LogP contribution >= 0.6 is 11.6 Å². The van der Waals surface area contributed by atoms with Gasteiger partial charge in [-0.1, -0.05) is 29.8 Å². The molecule has 3 rings (SSSR count). The van der Waals surface area contributed by atoms with Crippen LogP contribution in [0.4, 0.5) is 5.69 Å². The van der Waals surface area contributed by atoms with Gasteiger partial charge >= 0.3 is 0 Å². The van der Waals surface area contributed by atoms with Crippen molar-refractivity contribution in [3.63, 3.8) is 0 Å². The molecule has 0 aliphatic rings. The van der Waals surface area contributed by atoms with Gasteiger partial charge < -0.3 is 10.1 Å². The number of anilines is 1. The number of benzene rings is 3. The largest absolute Gasteiger partial charge is 0.492 e. The number of hydrogen-bond acceptors (Lipinski definition) is 4. The quantitative estimate of drug-likeness (QED) is 0.533. The molecule has 156 valence electrons. The normalized spacial score (nSPS) is 11.0. The van der Waals surface area contributed by atoms with Crippen LogP contribution in [-0.2, 0) is 10.0 Å². The van der Waals surface area contributed by atoms with Crippen LogP contribution in [-0.4, -0.2) is 34.5 Å². The minimum atomic E-state index is -3.73. The van der Waals surface area contributed by atoms with Gasteiger partial charge in [0.15, 0.2) is 0 Å². The average Bonchev–Trinajstić information content (AvgIpc) is 2.77. The Labute approximate surface area is 181 Å². The molecule has 8 heteroatoms. The molecule has 6 nitrogen and oxygen atoms in total. The molecule has 0 aliphatic heterocycles. The fourth-order valence-corrected chi connectivity index (χ4v) is 4.00. The number of rotatable bonds is 8. The molecule has 0 bridgehead atoms. The first kappa shape index (κ1) is 21.7. The lowest BCUT2D eigenvalue weighted by molar-refractivity contribution is 0.0947. The summed E-state index contributed by atoms with van der Waals surface area (Å²) in [6.45, 7) is 0.691. The van der Waals surface area contributed by atoms with E-state index in [0.717, 1.165) is 10.1 Å². The second kappa shape index (κ2) is 9.65. The lowest BCUT2D eigenvalue weighted by Gasteiger charge is -2.19. The Morgan fingerprint density at radius 1 is 0.967 bits per heavy atom. The maximum Gasteiger partial charge on any atom is 0.264 e. The van der Waals surface area contributed by atoms with Crippen LogP contribution < -0.4 is 14.4 Å². The highest BCUT2D eigenvalue weighted by atomic mass is 35.5. The summed E-state index contributed by atoms with van der Waals surface area (Å²) in [5.74, 6) is 0.474. The molecule has 1 N–H and O–H groups in total. The van der Waals surface area contributed by atoms with E-state index in [1.165, 1.54) is 31.3 Å². The highest BCUT2D eigenvalue weighted by Gasteiger charge is 2.21. The number of hydrogen-bond donors (Lipinski definition) is 1. The molecule has 0 radical (unpaired) electrons. The van der Waals surface area contributed by atoms with E-state index in [1.807, 2.05) is 30.3 Å². The second-order valence-electron chi connectivity index (χ2n) is 6.39. The Balaban J connectivity index is 1.58. The van der Waals surface area contributed by atoms with Gasteiger partial charge in [-0.25, -0.2) is 8.42 Å². The maximum atomic E-state index is 12.7. The average molecular weight is 445 g/mol. The van der Waals surface area contributed by atoms with E-state index in [0.29, 0.717) is 29.4 Å². The van der Waals surface area contributed by atoms with E-state index < -0.39 is 10.0 Å². The number of halogens is 1. The van der Waals surface area contributed by atoms with Crippen LogP contribution in [0.3, 0.4) is 0 Å². The number of carbonyl (C=O) groups excluding carboxylic acids is 1. The Morgan fingerprint density at radius 3 is 2.23 bits per heavy atom. The minimum Gasteiger partial charge on any atom is -0.492 e. The molecule has 0 atom stereocenters. The highest BCUT2D eigenvalue weighted by molar-refractivity contribution is 7.92. The number of carbonyl (C=O) groups is 1. The monoisotopic (exact) mass is 444 g/mol. The van der Waals surface area contributed by atoms with Crippen LogP contribution in [0.15, 0.2) is 83.8 Å². The Morgan fingerprint density at radius 2 is 1.60 bits per heavy atom. The van der Waals surface area contributed by atoms with Crippen molar-refractivity contribution in [2.75, 3.05) is 24.5 Å². The number of nitrogens with one attached hydrogen (secondary N) is 1. The molecule has 0 unspecified atom stereocenters. The van der Waals surface area contributed by atoms with Crippen molar-refractivity contribution in [3.05, 3.63) is 89.4 Å². The predicted molar refractivity (Wildman–Crippen MR) is 118 cm³/mol. The molecule has 0 spiro atoms. The van der Waals surface area contributed by atoms with Gasteiger partial charge in [-0.05, 0) is 60.7 Å². The van der Waals surface area contributed by atoms with E-state index in [2.05, 4.69) is 5.32 Å². The molecular weight excluding hydrogens is 424 g/mol. The fraction of sp³-hybridized carbons (Fsp3) is 0.136. The summed E-state index contributed by atoms with van der Waals surface area (Å²) in [6, 6.07) is 21.6. The summed E-state index contributed by atoms with van der Waals surface area (Å²) in [7, 11) is -2.27. The van der Waals surface area contributed by atoms with Gasteiger partial charge in [0.05, 0.1) is 17.1 Å². The SMILES string of the molecule is CN(c1ccc(C(=O)NCCOc2ccccc2)cc1)S(=O)(=O)c1ccc(Cl)cc1. The van der Waals surface area contributed by atoms with Crippen LogP contribution in [0, 0.1) is 0 Å². The molecule has 3 aromatic carbocycles. The highest BCUT2D eigenvalue weighted by Crippen LogP contribution is 2.23. The Bertz CT molecular complexity index is 1090. The molecule has 0 saturated heterocycles. The fourth-order valence-electron chi connectivity index (χ4n) is 2.68. The Kier molecular flexibility index (Phi) is 6.97. The lowest BCUT2D eigenvalue weighted by Crippen LogP contribution is -2.28. The third kappa shape index (κ3) is 5.31. The van der Waals surface area contributed by atoms with Gasteiger partial charge in [0.25, 0.3) is 15.9 Å². The van der Waals surface area contributed by atoms with Gasteiger partial charge in [-0.3, -0.25) is 9.10 Å². The van der Waals surface area contributed by atoms with E-state index >= 15 is 0 Å². The topological polar surface area (TPSA) is 75.7 Å². The molecule has 0 aromatic heterocycles. The minimum absolute atomic E-state index is 0.134. The van der Waals surface area contributed by atoms with Crippen molar-refractivity contribution in [1.29, 1.82) is 0 Å². The number of sulfonamides is 1. The Hall–Kier alpha value is -3.03. The van der Waals surface area contributed by atoms with Gasteiger partial charge in [0.1, 0.15) is 12.4 Å². The summed E-state index contributed by atoms with van der Waals surface area (Å²) in [4.78, 5) is 12.4. The van der Waals surface area contributed by atoms with Crippen LogP contribution in [0.25, 0.3) is 0 Å². The number of ether oxygens (including phenoxy) is 1. The molecular formula is C22H21ClN2O4S. The molecule has 1 amide bonds. The molecule has 30 heavy (non-hydrogen) atoms. The smallest absolute Gasteiger partial charge is 0.264 e.